The Kier molecular flexibility index (Phi) is 8.07. The highest BCUT2D eigenvalue weighted by Gasteiger charge is 2.37. The van der Waals surface area contributed by atoms with Gasteiger partial charge in [0.1, 0.15) is 11.5 Å². The van der Waals surface area contributed by atoms with Crippen molar-refractivity contribution in [1.82, 2.24) is 0 Å². The lowest BCUT2D eigenvalue weighted by Gasteiger charge is -2.34. The molecule has 4 heteroatoms. The van der Waals surface area contributed by atoms with Crippen LogP contribution in [0, 0.1) is 0 Å². The zero-order valence-corrected chi connectivity index (χ0v) is 19.2. The maximum absolute atomic E-state index is 5.93. The van der Waals surface area contributed by atoms with E-state index in [-0.39, 0.29) is 0 Å². The second-order valence-corrected chi connectivity index (χ2v) is 17.4. The van der Waals surface area contributed by atoms with Gasteiger partial charge in [-0.05, 0) is 22.5 Å². The predicted octanol–water partition coefficient (Wildman–Crippen LogP) is 5.13. The quantitative estimate of drug-likeness (QED) is 0.534. The summed E-state index contributed by atoms with van der Waals surface area (Å²) in [5, 5.41) is 2.92. The second kappa shape index (κ2) is 9.09. The van der Waals surface area contributed by atoms with Gasteiger partial charge in [0.25, 0.3) is 0 Å². The van der Waals surface area contributed by atoms with E-state index >= 15 is 0 Å². The molecule has 1 aromatic carbocycles. The van der Waals surface area contributed by atoms with E-state index in [1.807, 2.05) is 14.2 Å². The smallest absolute Gasteiger partial charge is 0.118 e. The molecule has 0 saturated carbocycles. The summed E-state index contributed by atoms with van der Waals surface area (Å²) >= 11 is 0. The summed E-state index contributed by atoms with van der Waals surface area (Å²) in [5.41, 5.74) is 0. The van der Waals surface area contributed by atoms with Crippen LogP contribution in [0.3, 0.4) is 0 Å². The molecule has 138 valence electrons. The fraction of sp³-hybridized carbons (Fsp3) is 0.700. The van der Waals surface area contributed by atoms with Gasteiger partial charge in [-0.3, -0.25) is 0 Å². The highest BCUT2D eigenvalue weighted by Crippen LogP contribution is 2.31. The molecular weight excluding hydrogens is 328 g/mol. The zero-order valence-electron chi connectivity index (χ0n) is 17.2. The highest BCUT2D eigenvalue weighted by molar-refractivity contribution is 6.94. The molecule has 0 fully saturated rings. The van der Waals surface area contributed by atoms with E-state index in [4.69, 9.17) is 9.47 Å². The van der Waals surface area contributed by atoms with Crippen molar-refractivity contribution in [3.63, 3.8) is 0 Å². The topological polar surface area (TPSA) is 18.5 Å². The lowest BCUT2D eigenvalue weighted by Crippen LogP contribution is -2.50. The molecule has 0 spiro atoms. The minimum Gasteiger partial charge on any atom is -0.497 e. The molecule has 0 aromatic heterocycles. The van der Waals surface area contributed by atoms with Crippen molar-refractivity contribution in [2.75, 3.05) is 14.2 Å². The van der Waals surface area contributed by atoms with Gasteiger partial charge in [0.05, 0.1) is 30.4 Å². The number of ether oxygens (including phenoxy) is 2. The normalized spacial score (nSPS) is 12.3. The molecule has 0 aliphatic carbocycles. The van der Waals surface area contributed by atoms with Crippen LogP contribution in [0.15, 0.2) is 12.1 Å². The summed E-state index contributed by atoms with van der Waals surface area (Å²) in [5.74, 6) is 2.24. The average molecular weight is 367 g/mol. The van der Waals surface area contributed by atoms with Gasteiger partial charge in [-0.1, -0.05) is 77.8 Å². The molecule has 0 heterocycles. The Morgan fingerprint density at radius 3 is 1.00 bits per heavy atom. The average Bonchev–Trinajstić information content (AvgIpc) is 2.65. The fourth-order valence-corrected chi connectivity index (χ4v) is 11.9. The molecule has 0 atom stereocenters. The van der Waals surface area contributed by atoms with Crippen LogP contribution in [0.2, 0.25) is 36.3 Å². The van der Waals surface area contributed by atoms with Gasteiger partial charge in [0.2, 0.25) is 0 Å². The van der Waals surface area contributed by atoms with E-state index in [1.165, 1.54) is 46.6 Å². The van der Waals surface area contributed by atoms with Gasteiger partial charge >= 0.3 is 0 Å². The van der Waals surface area contributed by atoms with Crippen LogP contribution in [0.25, 0.3) is 0 Å². The lowest BCUT2D eigenvalue weighted by molar-refractivity contribution is 0.408. The van der Waals surface area contributed by atoms with Crippen LogP contribution in [0.5, 0.6) is 11.5 Å². The van der Waals surface area contributed by atoms with Crippen molar-refractivity contribution in [1.29, 1.82) is 0 Å². The Morgan fingerprint density at radius 2 is 0.833 bits per heavy atom. The Hall–Kier alpha value is -0.746. The third-order valence-corrected chi connectivity index (χ3v) is 17.9. The molecule has 0 radical (unpaired) electrons. The molecule has 1 rings (SSSR count). The summed E-state index contributed by atoms with van der Waals surface area (Å²) in [4.78, 5) is 0. The van der Waals surface area contributed by atoms with Crippen molar-refractivity contribution in [3.8, 4) is 11.5 Å². The predicted molar refractivity (Wildman–Crippen MR) is 113 cm³/mol. The molecule has 0 saturated heterocycles. The molecule has 24 heavy (non-hydrogen) atoms. The monoisotopic (exact) mass is 366 g/mol. The Bertz CT molecular complexity index is 456. The van der Waals surface area contributed by atoms with Crippen LogP contribution < -0.4 is 19.8 Å². The number of hydrogen-bond donors (Lipinski definition) is 0. The fourth-order valence-electron chi connectivity index (χ4n) is 4.37. The number of methoxy groups -OCH3 is 2. The first-order valence-electron chi connectivity index (χ1n) is 9.74. The van der Waals surface area contributed by atoms with Crippen LogP contribution in [0.4, 0.5) is 0 Å². The maximum atomic E-state index is 5.93. The Morgan fingerprint density at radius 1 is 0.583 bits per heavy atom. The zero-order chi connectivity index (χ0) is 18.4. The van der Waals surface area contributed by atoms with Crippen molar-refractivity contribution in [3.05, 3.63) is 12.1 Å². The van der Waals surface area contributed by atoms with E-state index in [0.29, 0.717) is 0 Å². The number of benzene rings is 1. The summed E-state index contributed by atoms with van der Waals surface area (Å²) in [6.45, 7) is 14.1. The van der Waals surface area contributed by atoms with Crippen LogP contribution in [0.1, 0.15) is 41.5 Å². The number of rotatable bonds is 10. The third kappa shape index (κ3) is 3.59. The van der Waals surface area contributed by atoms with E-state index in [9.17, 15) is 0 Å². The second-order valence-electron chi connectivity index (χ2n) is 6.93. The Balaban J connectivity index is 3.70. The standard InChI is InChI=1S/C20H38O2Si2/c1-9-23(10-2,11-3)19-15-18(22-8)20(16-17(19)21-7)24(12-4,13-5)14-6/h15-16H,9-14H2,1-8H3. The molecule has 0 bridgehead atoms. The number of hydrogen-bond acceptors (Lipinski definition) is 2. The highest BCUT2D eigenvalue weighted by atomic mass is 28.3. The molecule has 0 amide bonds. The molecule has 1 aromatic rings. The minimum atomic E-state index is -1.51. The van der Waals surface area contributed by atoms with Gasteiger partial charge in [-0.25, -0.2) is 0 Å². The Labute approximate surface area is 152 Å². The van der Waals surface area contributed by atoms with Gasteiger partial charge < -0.3 is 9.47 Å². The van der Waals surface area contributed by atoms with Crippen LogP contribution in [-0.2, 0) is 0 Å². The first-order valence-corrected chi connectivity index (χ1v) is 15.0. The lowest BCUT2D eigenvalue weighted by atomic mass is 10.3. The summed E-state index contributed by atoms with van der Waals surface area (Å²) in [7, 11) is 0.653. The molecule has 2 nitrogen and oxygen atoms in total. The SMILES string of the molecule is CC[Si](CC)(CC)c1cc(OC)c([Si](CC)(CC)CC)cc1OC. The van der Waals surface area contributed by atoms with Gasteiger partial charge in [0.15, 0.2) is 0 Å². The molecule has 0 N–H and O–H groups in total. The van der Waals surface area contributed by atoms with E-state index < -0.39 is 16.1 Å². The van der Waals surface area contributed by atoms with Crippen molar-refractivity contribution >= 4 is 26.5 Å². The first kappa shape index (κ1) is 21.3. The molecular formula is C20H38O2Si2. The van der Waals surface area contributed by atoms with Crippen LogP contribution >= 0.6 is 0 Å². The summed E-state index contributed by atoms with van der Waals surface area (Å²) in [6, 6.07) is 12.3. The van der Waals surface area contributed by atoms with E-state index in [2.05, 4.69) is 53.7 Å². The summed E-state index contributed by atoms with van der Waals surface area (Å²) in [6.07, 6.45) is 0. The molecule has 0 aliphatic heterocycles. The summed E-state index contributed by atoms with van der Waals surface area (Å²) < 4.78 is 11.9. The first-order chi connectivity index (χ1) is 11.5. The van der Waals surface area contributed by atoms with E-state index in [1.54, 1.807) is 0 Å². The van der Waals surface area contributed by atoms with Crippen molar-refractivity contribution < 1.29 is 9.47 Å². The largest absolute Gasteiger partial charge is 0.497 e. The molecule has 0 unspecified atom stereocenters. The van der Waals surface area contributed by atoms with Gasteiger partial charge in [0, 0.05) is 0 Å². The van der Waals surface area contributed by atoms with Gasteiger partial charge in [-0.2, -0.15) is 0 Å². The minimum absolute atomic E-state index is 1.12. The third-order valence-electron chi connectivity index (χ3n) is 6.72. The van der Waals surface area contributed by atoms with Crippen molar-refractivity contribution in [2.45, 2.75) is 77.8 Å². The van der Waals surface area contributed by atoms with Gasteiger partial charge in [-0.15, -0.1) is 0 Å². The van der Waals surface area contributed by atoms with E-state index in [0.717, 1.165) is 11.5 Å². The molecule has 0 aliphatic rings. The van der Waals surface area contributed by atoms with Crippen molar-refractivity contribution in [2.24, 2.45) is 0 Å². The maximum Gasteiger partial charge on any atom is 0.118 e. The van der Waals surface area contributed by atoms with Crippen LogP contribution in [-0.4, -0.2) is 30.4 Å².